The maximum absolute atomic E-state index is 12.4. The standard InChI is InChI=1S/C12H11Br2N3O2S/c1-7-4-9(2-3-16-7)17-20(18,19)12-10(13)5-8(15)6-11(12)14/h2-6H,15H2,1H3,(H,16,17). The van der Waals surface area contributed by atoms with Crippen LogP contribution in [-0.4, -0.2) is 13.4 Å². The highest BCUT2D eigenvalue weighted by molar-refractivity contribution is 9.11. The van der Waals surface area contributed by atoms with Crippen LogP contribution in [0.1, 0.15) is 5.69 Å². The third-order valence-corrected chi connectivity index (χ3v) is 5.70. The summed E-state index contributed by atoms with van der Waals surface area (Å²) < 4.78 is 28.2. The maximum Gasteiger partial charge on any atom is 0.264 e. The molecule has 1 aromatic heterocycles. The number of aromatic nitrogens is 1. The monoisotopic (exact) mass is 419 g/mol. The van der Waals surface area contributed by atoms with Crippen molar-refractivity contribution >= 4 is 53.3 Å². The molecular formula is C12H11Br2N3O2S. The number of nitrogens with zero attached hydrogens (tertiary/aromatic N) is 1. The minimum atomic E-state index is -3.74. The number of hydrogen-bond donors (Lipinski definition) is 2. The Kier molecular flexibility index (Phi) is 4.36. The van der Waals surface area contributed by atoms with E-state index in [1.807, 2.05) is 0 Å². The molecule has 0 atom stereocenters. The summed E-state index contributed by atoms with van der Waals surface area (Å²) in [4.78, 5) is 4.12. The first kappa shape index (κ1) is 15.3. The number of pyridine rings is 1. The molecule has 0 fully saturated rings. The summed E-state index contributed by atoms with van der Waals surface area (Å²) in [6.07, 6.45) is 1.54. The second-order valence-electron chi connectivity index (χ2n) is 4.11. The highest BCUT2D eigenvalue weighted by atomic mass is 79.9. The van der Waals surface area contributed by atoms with Gasteiger partial charge in [0.1, 0.15) is 4.90 Å². The van der Waals surface area contributed by atoms with E-state index in [1.54, 1.807) is 25.3 Å². The number of hydrogen-bond acceptors (Lipinski definition) is 4. The van der Waals surface area contributed by atoms with Crippen LogP contribution in [0.5, 0.6) is 0 Å². The van der Waals surface area contributed by atoms with Crippen LogP contribution in [0.2, 0.25) is 0 Å². The van der Waals surface area contributed by atoms with Gasteiger partial charge < -0.3 is 5.73 Å². The SMILES string of the molecule is Cc1cc(NS(=O)(=O)c2c(Br)cc(N)cc2Br)ccn1. The van der Waals surface area contributed by atoms with Crippen LogP contribution < -0.4 is 10.5 Å². The van der Waals surface area contributed by atoms with Crippen LogP contribution in [0.4, 0.5) is 11.4 Å². The normalized spacial score (nSPS) is 11.3. The molecule has 0 bridgehead atoms. The molecule has 1 aromatic carbocycles. The van der Waals surface area contributed by atoms with Crippen molar-refractivity contribution < 1.29 is 8.42 Å². The zero-order valence-corrected chi connectivity index (χ0v) is 14.4. The number of benzene rings is 1. The van der Waals surface area contributed by atoms with Gasteiger partial charge in [-0.25, -0.2) is 8.42 Å². The average Bonchev–Trinajstić information content (AvgIpc) is 2.25. The molecular weight excluding hydrogens is 410 g/mol. The molecule has 5 nitrogen and oxygen atoms in total. The zero-order chi connectivity index (χ0) is 14.9. The van der Waals surface area contributed by atoms with Gasteiger partial charge in [-0.2, -0.15) is 0 Å². The molecule has 2 aromatic rings. The lowest BCUT2D eigenvalue weighted by Gasteiger charge is -2.12. The molecule has 0 unspecified atom stereocenters. The van der Waals surface area contributed by atoms with Crippen molar-refractivity contribution in [2.45, 2.75) is 11.8 Å². The summed E-state index contributed by atoms with van der Waals surface area (Å²) in [5.74, 6) is 0. The lowest BCUT2D eigenvalue weighted by molar-refractivity contribution is 0.600. The van der Waals surface area contributed by atoms with Gasteiger partial charge in [0.25, 0.3) is 10.0 Å². The van der Waals surface area contributed by atoms with E-state index in [9.17, 15) is 8.42 Å². The second kappa shape index (κ2) is 5.71. The van der Waals surface area contributed by atoms with E-state index in [0.717, 1.165) is 5.69 Å². The number of aryl methyl sites for hydroxylation is 1. The van der Waals surface area contributed by atoms with Crippen LogP contribution in [0, 0.1) is 6.92 Å². The Morgan fingerprint density at radius 3 is 2.35 bits per heavy atom. The maximum atomic E-state index is 12.4. The Balaban J connectivity index is 2.46. The minimum absolute atomic E-state index is 0.0983. The largest absolute Gasteiger partial charge is 0.399 e. The predicted molar refractivity (Wildman–Crippen MR) is 86.0 cm³/mol. The smallest absolute Gasteiger partial charge is 0.264 e. The summed E-state index contributed by atoms with van der Waals surface area (Å²) in [5.41, 5.74) is 7.30. The van der Waals surface area contributed by atoms with Crippen molar-refractivity contribution in [1.29, 1.82) is 0 Å². The molecule has 0 saturated carbocycles. The predicted octanol–water partition coefficient (Wildman–Crippen LogP) is 3.30. The topological polar surface area (TPSA) is 85.1 Å². The quantitative estimate of drug-likeness (QED) is 0.746. The Morgan fingerprint density at radius 2 is 1.80 bits per heavy atom. The molecule has 3 N–H and O–H groups in total. The van der Waals surface area contributed by atoms with E-state index in [-0.39, 0.29) is 4.90 Å². The van der Waals surface area contributed by atoms with E-state index < -0.39 is 10.0 Å². The van der Waals surface area contributed by atoms with Crippen molar-refractivity contribution in [3.8, 4) is 0 Å². The van der Waals surface area contributed by atoms with E-state index in [2.05, 4.69) is 41.6 Å². The number of rotatable bonds is 3. The van der Waals surface area contributed by atoms with Crippen LogP contribution in [0.15, 0.2) is 44.3 Å². The molecule has 0 saturated heterocycles. The summed E-state index contributed by atoms with van der Waals surface area (Å²) in [5, 5.41) is 0. The van der Waals surface area contributed by atoms with Gasteiger partial charge in [0, 0.05) is 26.5 Å². The molecule has 20 heavy (non-hydrogen) atoms. The van der Waals surface area contributed by atoms with E-state index in [0.29, 0.717) is 20.3 Å². The van der Waals surface area contributed by atoms with E-state index >= 15 is 0 Å². The number of nitrogen functional groups attached to an aromatic ring is 1. The molecule has 2 rings (SSSR count). The zero-order valence-electron chi connectivity index (χ0n) is 10.4. The molecule has 0 aliphatic carbocycles. The molecule has 1 heterocycles. The van der Waals surface area contributed by atoms with Gasteiger partial charge in [-0.05, 0) is 63.0 Å². The summed E-state index contributed by atoms with van der Waals surface area (Å²) in [6.45, 7) is 1.78. The Morgan fingerprint density at radius 1 is 1.20 bits per heavy atom. The minimum Gasteiger partial charge on any atom is -0.399 e. The highest BCUT2D eigenvalue weighted by Gasteiger charge is 2.22. The first-order valence-electron chi connectivity index (χ1n) is 5.49. The third kappa shape index (κ3) is 3.31. The summed E-state index contributed by atoms with van der Waals surface area (Å²) in [7, 11) is -3.74. The molecule has 0 amide bonds. The van der Waals surface area contributed by atoms with Crippen molar-refractivity contribution in [3.63, 3.8) is 0 Å². The third-order valence-electron chi connectivity index (χ3n) is 2.44. The van der Waals surface area contributed by atoms with Gasteiger partial charge in [-0.3, -0.25) is 9.71 Å². The molecule has 0 aliphatic heterocycles. The molecule has 0 radical (unpaired) electrons. The van der Waals surface area contributed by atoms with Crippen molar-refractivity contribution in [1.82, 2.24) is 4.98 Å². The van der Waals surface area contributed by atoms with E-state index in [4.69, 9.17) is 5.73 Å². The Hall–Kier alpha value is -1.12. The molecule has 0 spiro atoms. The van der Waals surface area contributed by atoms with Crippen LogP contribution in [0.3, 0.4) is 0 Å². The van der Waals surface area contributed by atoms with Gasteiger partial charge in [-0.1, -0.05) is 0 Å². The van der Waals surface area contributed by atoms with Gasteiger partial charge in [-0.15, -0.1) is 0 Å². The average molecular weight is 421 g/mol. The fraction of sp³-hybridized carbons (Fsp3) is 0.0833. The summed E-state index contributed by atoms with van der Waals surface area (Å²) in [6, 6.07) is 6.31. The number of nitrogens with two attached hydrogens (primary N) is 1. The van der Waals surface area contributed by atoms with Gasteiger partial charge in [0.05, 0.1) is 5.69 Å². The number of nitrogens with one attached hydrogen (secondary N) is 1. The summed E-state index contributed by atoms with van der Waals surface area (Å²) >= 11 is 6.44. The molecule has 8 heteroatoms. The van der Waals surface area contributed by atoms with Crippen molar-refractivity contribution in [3.05, 3.63) is 45.1 Å². The fourth-order valence-electron chi connectivity index (χ4n) is 1.65. The number of anilines is 2. The Labute approximate surface area is 133 Å². The number of halogens is 2. The lowest BCUT2D eigenvalue weighted by atomic mass is 10.3. The molecule has 106 valence electrons. The highest BCUT2D eigenvalue weighted by Crippen LogP contribution is 2.33. The lowest BCUT2D eigenvalue weighted by Crippen LogP contribution is -2.14. The van der Waals surface area contributed by atoms with Crippen LogP contribution in [-0.2, 0) is 10.0 Å². The van der Waals surface area contributed by atoms with Gasteiger partial charge in [0.2, 0.25) is 0 Å². The van der Waals surface area contributed by atoms with E-state index in [1.165, 1.54) is 12.1 Å². The van der Waals surface area contributed by atoms with Crippen molar-refractivity contribution in [2.24, 2.45) is 0 Å². The first-order chi connectivity index (χ1) is 9.29. The second-order valence-corrected chi connectivity index (χ2v) is 7.43. The molecule has 0 aliphatic rings. The van der Waals surface area contributed by atoms with Gasteiger partial charge >= 0.3 is 0 Å². The van der Waals surface area contributed by atoms with Crippen LogP contribution in [0.25, 0.3) is 0 Å². The Bertz CT molecular complexity index is 740. The van der Waals surface area contributed by atoms with Crippen molar-refractivity contribution in [2.75, 3.05) is 10.5 Å². The fourth-order valence-corrected chi connectivity index (χ4v) is 5.32. The number of sulfonamides is 1. The van der Waals surface area contributed by atoms with Crippen LogP contribution >= 0.6 is 31.9 Å². The first-order valence-corrected chi connectivity index (χ1v) is 8.56. The van der Waals surface area contributed by atoms with Gasteiger partial charge in [0.15, 0.2) is 0 Å².